The highest BCUT2D eigenvalue weighted by molar-refractivity contribution is 5.81. The Bertz CT molecular complexity index is 251. The first-order valence-electron chi connectivity index (χ1n) is 6.98. The first-order valence-corrected chi connectivity index (χ1v) is 6.98. The Morgan fingerprint density at radius 1 is 1.29 bits per heavy atom. The van der Waals surface area contributed by atoms with Gasteiger partial charge in [-0.1, -0.05) is 12.8 Å². The van der Waals surface area contributed by atoms with Crippen molar-refractivity contribution in [2.24, 2.45) is 0 Å². The van der Waals surface area contributed by atoms with Gasteiger partial charge in [-0.25, -0.2) is 0 Å². The van der Waals surface area contributed by atoms with E-state index in [1.165, 1.54) is 38.6 Å². The molecule has 0 aliphatic carbocycles. The van der Waals surface area contributed by atoms with Crippen LogP contribution in [0.1, 0.15) is 38.5 Å². The van der Waals surface area contributed by atoms with Crippen molar-refractivity contribution in [3.63, 3.8) is 0 Å². The van der Waals surface area contributed by atoms with Crippen LogP contribution < -0.4 is 10.6 Å². The van der Waals surface area contributed by atoms with E-state index in [0.29, 0.717) is 6.04 Å². The molecule has 0 aromatic heterocycles. The van der Waals surface area contributed by atoms with Crippen LogP contribution >= 0.6 is 0 Å². The third-order valence-electron chi connectivity index (χ3n) is 4.06. The molecule has 2 fully saturated rings. The maximum atomic E-state index is 12.0. The van der Waals surface area contributed by atoms with Crippen LogP contribution in [0.4, 0.5) is 0 Å². The number of likely N-dealkylation sites (N-methyl/N-ethyl adjacent to an activating group) is 1. The Morgan fingerprint density at radius 2 is 2.12 bits per heavy atom. The molecule has 2 saturated heterocycles. The summed E-state index contributed by atoms with van der Waals surface area (Å²) in [6.07, 6.45) is 7.18. The number of rotatable bonds is 3. The number of piperidine rings is 2. The normalized spacial score (nSPS) is 31.1. The van der Waals surface area contributed by atoms with Gasteiger partial charge in [0.15, 0.2) is 0 Å². The number of carbonyl (C=O) groups is 1. The van der Waals surface area contributed by atoms with Gasteiger partial charge in [-0.3, -0.25) is 4.79 Å². The SMILES string of the molecule is CN1CCCCC1CNC(=O)[C@@H]1CCCCN1. The van der Waals surface area contributed by atoms with Gasteiger partial charge in [-0.15, -0.1) is 0 Å². The maximum absolute atomic E-state index is 12.0. The number of nitrogens with zero attached hydrogens (tertiary/aromatic N) is 1. The van der Waals surface area contributed by atoms with Crippen LogP contribution in [-0.4, -0.2) is 49.6 Å². The molecule has 4 nitrogen and oxygen atoms in total. The number of amides is 1. The Labute approximate surface area is 104 Å². The van der Waals surface area contributed by atoms with Gasteiger partial charge in [-0.2, -0.15) is 0 Å². The van der Waals surface area contributed by atoms with E-state index >= 15 is 0 Å². The monoisotopic (exact) mass is 239 g/mol. The van der Waals surface area contributed by atoms with Gasteiger partial charge in [0.25, 0.3) is 0 Å². The molecular weight excluding hydrogens is 214 g/mol. The van der Waals surface area contributed by atoms with Crippen molar-refractivity contribution < 1.29 is 4.79 Å². The molecule has 2 aliphatic heterocycles. The zero-order chi connectivity index (χ0) is 12.1. The molecule has 0 aromatic carbocycles. The summed E-state index contributed by atoms with van der Waals surface area (Å²) in [5, 5.41) is 6.40. The molecule has 2 aliphatic rings. The molecule has 17 heavy (non-hydrogen) atoms. The van der Waals surface area contributed by atoms with Crippen LogP contribution in [0.5, 0.6) is 0 Å². The molecule has 0 saturated carbocycles. The lowest BCUT2D eigenvalue weighted by Crippen LogP contribution is -2.51. The van der Waals surface area contributed by atoms with E-state index in [0.717, 1.165) is 19.5 Å². The van der Waals surface area contributed by atoms with Gasteiger partial charge in [0.1, 0.15) is 0 Å². The first kappa shape index (κ1) is 12.8. The zero-order valence-corrected chi connectivity index (χ0v) is 10.9. The Morgan fingerprint density at radius 3 is 2.82 bits per heavy atom. The summed E-state index contributed by atoms with van der Waals surface area (Å²) in [5.41, 5.74) is 0. The summed E-state index contributed by atoms with van der Waals surface area (Å²) < 4.78 is 0. The Kier molecular flexibility index (Phi) is 4.80. The molecule has 1 amide bonds. The standard InChI is InChI=1S/C13H25N3O/c1-16-9-5-3-6-11(16)10-15-13(17)12-7-2-4-8-14-12/h11-12,14H,2-10H2,1H3,(H,15,17)/t11?,12-/m0/s1. The van der Waals surface area contributed by atoms with Gasteiger partial charge in [0.2, 0.25) is 5.91 Å². The van der Waals surface area contributed by atoms with E-state index in [1.807, 2.05) is 0 Å². The highest BCUT2D eigenvalue weighted by Crippen LogP contribution is 2.14. The molecule has 0 bridgehead atoms. The molecule has 2 rings (SSSR count). The summed E-state index contributed by atoms with van der Waals surface area (Å²) in [6, 6.07) is 0.592. The van der Waals surface area contributed by atoms with E-state index < -0.39 is 0 Å². The smallest absolute Gasteiger partial charge is 0.237 e. The van der Waals surface area contributed by atoms with Crippen molar-refractivity contribution in [1.29, 1.82) is 0 Å². The van der Waals surface area contributed by atoms with Crippen LogP contribution in [0.2, 0.25) is 0 Å². The van der Waals surface area contributed by atoms with Crippen molar-refractivity contribution in [2.75, 3.05) is 26.7 Å². The van der Waals surface area contributed by atoms with Crippen LogP contribution in [0.3, 0.4) is 0 Å². The Hall–Kier alpha value is -0.610. The first-order chi connectivity index (χ1) is 8.27. The van der Waals surface area contributed by atoms with Crippen LogP contribution in [0, 0.1) is 0 Å². The second-order valence-electron chi connectivity index (χ2n) is 5.38. The summed E-state index contributed by atoms with van der Waals surface area (Å²) in [7, 11) is 2.16. The molecule has 2 N–H and O–H groups in total. The lowest BCUT2D eigenvalue weighted by atomic mass is 10.0. The summed E-state index contributed by atoms with van der Waals surface area (Å²) in [4.78, 5) is 14.3. The minimum Gasteiger partial charge on any atom is -0.353 e. The third-order valence-corrected chi connectivity index (χ3v) is 4.06. The van der Waals surface area contributed by atoms with Crippen LogP contribution in [0.15, 0.2) is 0 Å². The van der Waals surface area contributed by atoms with E-state index in [4.69, 9.17) is 0 Å². The molecule has 2 heterocycles. The van der Waals surface area contributed by atoms with E-state index in [-0.39, 0.29) is 11.9 Å². The van der Waals surface area contributed by atoms with E-state index in [9.17, 15) is 4.79 Å². The number of hydrogen-bond acceptors (Lipinski definition) is 3. The van der Waals surface area contributed by atoms with Crippen molar-refractivity contribution in [2.45, 2.75) is 50.6 Å². The number of likely N-dealkylation sites (tertiary alicyclic amines) is 1. The molecule has 0 spiro atoms. The number of nitrogens with one attached hydrogen (secondary N) is 2. The quantitative estimate of drug-likeness (QED) is 0.763. The highest BCUT2D eigenvalue weighted by atomic mass is 16.2. The summed E-state index contributed by atoms with van der Waals surface area (Å²) in [5.74, 6) is 0.198. The lowest BCUT2D eigenvalue weighted by Gasteiger charge is -2.33. The Balaban J connectivity index is 1.71. The van der Waals surface area contributed by atoms with Crippen molar-refractivity contribution in [3.8, 4) is 0 Å². The fourth-order valence-electron chi connectivity index (χ4n) is 2.82. The molecule has 0 radical (unpaired) electrons. The predicted molar refractivity (Wildman–Crippen MR) is 68.9 cm³/mol. The van der Waals surface area contributed by atoms with Gasteiger partial charge < -0.3 is 15.5 Å². The number of carbonyl (C=O) groups excluding carboxylic acids is 1. The largest absolute Gasteiger partial charge is 0.353 e. The van der Waals surface area contributed by atoms with Crippen molar-refractivity contribution in [1.82, 2.24) is 15.5 Å². The minimum absolute atomic E-state index is 0.0534. The van der Waals surface area contributed by atoms with Crippen LogP contribution in [0.25, 0.3) is 0 Å². The average molecular weight is 239 g/mol. The molecule has 1 unspecified atom stereocenters. The van der Waals surface area contributed by atoms with Gasteiger partial charge in [0.05, 0.1) is 6.04 Å². The molecule has 2 atom stereocenters. The average Bonchev–Trinajstić information content (AvgIpc) is 2.38. The van der Waals surface area contributed by atoms with Gasteiger partial charge in [0, 0.05) is 12.6 Å². The van der Waals surface area contributed by atoms with Crippen molar-refractivity contribution >= 4 is 5.91 Å². The highest BCUT2D eigenvalue weighted by Gasteiger charge is 2.23. The number of hydrogen-bond donors (Lipinski definition) is 2. The second-order valence-corrected chi connectivity index (χ2v) is 5.38. The molecule has 4 heteroatoms. The molecule has 98 valence electrons. The minimum atomic E-state index is 0.0534. The lowest BCUT2D eigenvalue weighted by molar-refractivity contribution is -0.123. The van der Waals surface area contributed by atoms with Crippen LogP contribution in [-0.2, 0) is 4.79 Å². The fraction of sp³-hybridized carbons (Fsp3) is 0.923. The van der Waals surface area contributed by atoms with Gasteiger partial charge in [-0.05, 0) is 45.8 Å². The second kappa shape index (κ2) is 6.36. The molecular formula is C13H25N3O. The van der Waals surface area contributed by atoms with Crippen molar-refractivity contribution in [3.05, 3.63) is 0 Å². The predicted octanol–water partition coefficient (Wildman–Crippen LogP) is 0.729. The van der Waals surface area contributed by atoms with E-state index in [2.05, 4.69) is 22.6 Å². The fourth-order valence-corrected chi connectivity index (χ4v) is 2.82. The molecule has 0 aromatic rings. The maximum Gasteiger partial charge on any atom is 0.237 e. The topological polar surface area (TPSA) is 44.4 Å². The summed E-state index contributed by atoms with van der Waals surface area (Å²) in [6.45, 7) is 2.97. The van der Waals surface area contributed by atoms with Gasteiger partial charge >= 0.3 is 0 Å². The van der Waals surface area contributed by atoms with E-state index in [1.54, 1.807) is 0 Å². The third kappa shape index (κ3) is 3.68. The zero-order valence-electron chi connectivity index (χ0n) is 10.9. The summed E-state index contributed by atoms with van der Waals surface area (Å²) >= 11 is 0.